The van der Waals surface area contributed by atoms with Crippen LogP contribution in [0.2, 0.25) is 0 Å². The molecule has 14 heavy (non-hydrogen) atoms. The molecule has 0 aliphatic rings. The lowest BCUT2D eigenvalue weighted by Gasteiger charge is -2.17. The number of benzene rings is 1. The van der Waals surface area contributed by atoms with Gasteiger partial charge in [-0.05, 0) is 25.3 Å². The number of carboxylic acids is 1. The van der Waals surface area contributed by atoms with Crippen LogP contribution in [-0.2, 0) is 11.2 Å². The second-order valence-corrected chi connectivity index (χ2v) is 3.56. The average Bonchev–Trinajstić information content (AvgIpc) is 2.16. The molecule has 0 radical (unpaired) electrons. The molecule has 1 rings (SSSR count). The second-order valence-electron chi connectivity index (χ2n) is 3.56. The van der Waals surface area contributed by atoms with Crippen molar-refractivity contribution in [1.82, 2.24) is 0 Å². The molecule has 3 nitrogen and oxygen atoms in total. The van der Waals surface area contributed by atoms with Crippen LogP contribution >= 0.6 is 0 Å². The topological polar surface area (TPSA) is 57.5 Å². The normalized spacial score (nSPS) is 14.7. The highest BCUT2D eigenvalue weighted by atomic mass is 16.4. The van der Waals surface area contributed by atoms with Crippen LogP contribution < -0.4 is 0 Å². The van der Waals surface area contributed by atoms with Crippen molar-refractivity contribution in [1.29, 1.82) is 0 Å². The van der Waals surface area contributed by atoms with Crippen LogP contribution in [0.5, 0.6) is 0 Å². The minimum Gasteiger partial charge on any atom is -0.479 e. The Balaban J connectivity index is 2.53. The number of aliphatic hydroxyl groups is 1. The first kappa shape index (κ1) is 10.7. The van der Waals surface area contributed by atoms with E-state index in [4.69, 9.17) is 5.11 Å². The summed E-state index contributed by atoms with van der Waals surface area (Å²) >= 11 is 0. The number of carboxylic acid groups (broad SMARTS) is 1. The quantitative estimate of drug-likeness (QED) is 0.762. The lowest BCUT2D eigenvalue weighted by atomic mass is 9.97. The first-order valence-corrected chi connectivity index (χ1v) is 4.52. The van der Waals surface area contributed by atoms with E-state index in [2.05, 4.69) is 0 Å². The van der Waals surface area contributed by atoms with E-state index in [0.29, 0.717) is 6.42 Å². The van der Waals surface area contributed by atoms with E-state index in [1.54, 1.807) is 0 Å². The minimum atomic E-state index is -1.63. The van der Waals surface area contributed by atoms with E-state index in [0.717, 1.165) is 5.56 Å². The number of hydrogen-bond acceptors (Lipinski definition) is 2. The molecule has 2 N–H and O–H groups in total. The molecule has 0 aliphatic carbocycles. The summed E-state index contributed by atoms with van der Waals surface area (Å²) in [6.45, 7) is 1.32. The summed E-state index contributed by atoms with van der Waals surface area (Å²) < 4.78 is 0. The lowest BCUT2D eigenvalue weighted by Crippen LogP contribution is -2.35. The van der Waals surface area contributed by atoms with Crippen molar-refractivity contribution in [2.24, 2.45) is 0 Å². The summed E-state index contributed by atoms with van der Waals surface area (Å²) in [5.74, 6) is -1.17. The smallest absolute Gasteiger partial charge is 0.335 e. The molecule has 0 fully saturated rings. The van der Waals surface area contributed by atoms with Gasteiger partial charge in [-0.1, -0.05) is 30.3 Å². The molecule has 1 aromatic carbocycles. The minimum absolute atomic E-state index is 0.229. The summed E-state index contributed by atoms with van der Waals surface area (Å²) in [6.07, 6.45) is 0.798. The fourth-order valence-electron chi connectivity index (χ4n) is 1.14. The van der Waals surface area contributed by atoms with Gasteiger partial charge < -0.3 is 10.2 Å². The number of aliphatic carboxylic acids is 1. The van der Waals surface area contributed by atoms with Gasteiger partial charge in [-0.2, -0.15) is 0 Å². The van der Waals surface area contributed by atoms with Gasteiger partial charge in [0.1, 0.15) is 0 Å². The van der Waals surface area contributed by atoms with Crippen LogP contribution in [0.4, 0.5) is 0 Å². The van der Waals surface area contributed by atoms with E-state index in [1.807, 2.05) is 30.3 Å². The predicted octanol–water partition coefficient (Wildman–Crippen LogP) is 1.45. The number of hydrogen-bond donors (Lipinski definition) is 2. The molecule has 0 aliphatic heterocycles. The number of carbonyl (C=O) groups is 1. The van der Waals surface area contributed by atoms with Crippen LogP contribution in [0.25, 0.3) is 0 Å². The summed E-state index contributed by atoms with van der Waals surface area (Å²) in [5.41, 5.74) is -0.593. The highest BCUT2D eigenvalue weighted by Gasteiger charge is 2.28. The van der Waals surface area contributed by atoms with Crippen LogP contribution in [0.3, 0.4) is 0 Å². The molecular formula is C11H14O3. The van der Waals surface area contributed by atoms with Crippen molar-refractivity contribution in [3.63, 3.8) is 0 Å². The number of rotatable bonds is 4. The average molecular weight is 194 g/mol. The summed E-state index contributed by atoms with van der Waals surface area (Å²) in [5, 5.41) is 18.1. The Bertz CT molecular complexity index is 304. The van der Waals surface area contributed by atoms with Crippen molar-refractivity contribution in [2.75, 3.05) is 0 Å². The van der Waals surface area contributed by atoms with E-state index < -0.39 is 11.6 Å². The van der Waals surface area contributed by atoms with Crippen LogP contribution in [0.1, 0.15) is 18.9 Å². The Morgan fingerprint density at radius 2 is 1.93 bits per heavy atom. The highest BCUT2D eigenvalue weighted by Crippen LogP contribution is 2.13. The zero-order valence-corrected chi connectivity index (χ0v) is 8.10. The maximum Gasteiger partial charge on any atom is 0.335 e. The molecule has 0 saturated heterocycles. The van der Waals surface area contributed by atoms with Crippen molar-refractivity contribution < 1.29 is 15.0 Å². The molecular weight excluding hydrogens is 180 g/mol. The number of aryl methyl sites for hydroxylation is 1. The molecule has 1 aromatic rings. The monoisotopic (exact) mass is 194 g/mol. The largest absolute Gasteiger partial charge is 0.479 e. The zero-order chi connectivity index (χ0) is 10.6. The maximum atomic E-state index is 10.6. The molecule has 0 aromatic heterocycles. The first-order valence-electron chi connectivity index (χ1n) is 4.52. The van der Waals surface area contributed by atoms with Gasteiger partial charge in [0, 0.05) is 0 Å². The van der Waals surface area contributed by atoms with Crippen molar-refractivity contribution in [3.05, 3.63) is 35.9 Å². The van der Waals surface area contributed by atoms with Gasteiger partial charge in [-0.3, -0.25) is 0 Å². The maximum absolute atomic E-state index is 10.6. The Hall–Kier alpha value is -1.35. The predicted molar refractivity (Wildman–Crippen MR) is 53.0 cm³/mol. The van der Waals surface area contributed by atoms with E-state index in [9.17, 15) is 9.90 Å². The van der Waals surface area contributed by atoms with Crippen LogP contribution in [0.15, 0.2) is 30.3 Å². The molecule has 0 heterocycles. The second kappa shape index (κ2) is 4.24. The van der Waals surface area contributed by atoms with E-state index in [1.165, 1.54) is 6.92 Å². The fraction of sp³-hybridized carbons (Fsp3) is 0.364. The first-order chi connectivity index (χ1) is 6.52. The van der Waals surface area contributed by atoms with Gasteiger partial charge in [0.2, 0.25) is 0 Å². The van der Waals surface area contributed by atoms with Gasteiger partial charge in [0.15, 0.2) is 5.60 Å². The highest BCUT2D eigenvalue weighted by molar-refractivity contribution is 5.76. The molecule has 76 valence electrons. The standard InChI is InChI=1S/C11H14O3/c1-11(14,10(12)13)8-7-9-5-3-2-4-6-9/h2-6,14H,7-8H2,1H3,(H,12,13)/t11-/m0/s1. The Labute approximate surface area is 83.0 Å². The van der Waals surface area contributed by atoms with Crippen molar-refractivity contribution in [3.8, 4) is 0 Å². The Morgan fingerprint density at radius 1 is 1.36 bits per heavy atom. The van der Waals surface area contributed by atoms with Gasteiger partial charge in [-0.15, -0.1) is 0 Å². The third-order valence-electron chi connectivity index (χ3n) is 2.20. The molecule has 0 amide bonds. The molecule has 0 bridgehead atoms. The molecule has 3 heteroatoms. The third kappa shape index (κ3) is 2.85. The van der Waals surface area contributed by atoms with Crippen LogP contribution in [-0.4, -0.2) is 21.8 Å². The summed E-state index contributed by atoms with van der Waals surface area (Å²) in [4.78, 5) is 10.6. The van der Waals surface area contributed by atoms with Gasteiger partial charge >= 0.3 is 5.97 Å². The molecule has 0 spiro atoms. The Morgan fingerprint density at radius 3 is 2.43 bits per heavy atom. The van der Waals surface area contributed by atoms with E-state index in [-0.39, 0.29) is 6.42 Å². The van der Waals surface area contributed by atoms with Gasteiger partial charge in [0.05, 0.1) is 0 Å². The summed E-state index contributed by atoms with van der Waals surface area (Å²) in [7, 11) is 0. The third-order valence-corrected chi connectivity index (χ3v) is 2.20. The van der Waals surface area contributed by atoms with Crippen molar-refractivity contribution in [2.45, 2.75) is 25.4 Å². The fourth-order valence-corrected chi connectivity index (χ4v) is 1.14. The molecule has 0 saturated carbocycles. The van der Waals surface area contributed by atoms with Crippen LogP contribution in [0, 0.1) is 0 Å². The summed E-state index contributed by atoms with van der Waals surface area (Å²) in [6, 6.07) is 9.52. The van der Waals surface area contributed by atoms with Gasteiger partial charge in [-0.25, -0.2) is 4.79 Å². The van der Waals surface area contributed by atoms with Crippen molar-refractivity contribution >= 4 is 5.97 Å². The lowest BCUT2D eigenvalue weighted by molar-refractivity contribution is -0.157. The molecule has 1 atom stereocenters. The zero-order valence-electron chi connectivity index (χ0n) is 8.10. The molecule has 0 unspecified atom stereocenters. The Kier molecular flexibility index (Phi) is 3.25. The SMILES string of the molecule is C[C@](O)(CCc1ccccc1)C(=O)O. The van der Waals surface area contributed by atoms with Gasteiger partial charge in [0.25, 0.3) is 0 Å². The van der Waals surface area contributed by atoms with E-state index >= 15 is 0 Å².